The molecule has 108 valence electrons. The average molecular weight is 284 g/mol. The minimum absolute atomic E-state index is 0.0611. The first-order valence-corrected chi connectivity index (χ1v) is 6.35. The molecule has 0 spiro atoms. The van der Waals surface area contributed by atoms with Crippen LogP contribution in [-0.2, 0) is 0 Å². The molecule has 1 aromatic carbocycles. The third-order valence-corrected chi connectivity index (χ3v) is 3.62. The second-order valence-corrected chi connectivity index (χ2v) is 4.80. The summed E-state index contributed by atoms with van der Waals surface area (Å²) in [5, 5.41) is 9.10. The standard InChI is InChI=1S/C14H15F3N2O/c1-20-12-3-2-10(9-18)13(8-12)19-6-4-11(5-7-19)14(15,16)17/h2-3,8,11H,4-7H2,1H3. The summed E-state index contributed by atoms with van der Waals surface area (Å²) in [6.07, 6.45) is -4.00. The Balaban J connectivity index is 2.16. The van der Waals surface area contributed by atoms with Gasteiger partial charge in [-0.25, -0.2) is 0 Å². The molecule has 0 bridgehead atoms. The largest absolute Gasteiger partial charge is 0.497 e. The number of nitrogens with zero attached hydrogens (tertiary/aromatic N) is 2. The Labute approximate surface area is 115 Å². The molecule has 0 aromatic heterocycles. The van der Waals surface area contributed by atoms with E-state index >= 15 is 0 Å². The van der Waals surface area contributed by atoms with Crippen LogP contribution in [0.25, 0.3) is 0 Å². The molecule has 1 aliphatic rings. The second-order valence-electron chi connectivity index (χ2n) is 4.80. The Kier molecular flexibility index (Phi) is 4.07. The Hall–Kier alpha value is -1.90. The van der Waals surface area contributed by atoms with E-state index in [9.17, 15) is 13.2 Å². The number of methoxy groups -OCH3 is 1. The molecule has 0 N–H and O–H groups in total. The van der Waals surface area contributed by atoms with Gasteiger partial charge in [0, 0.05) is 19.2 Å². The minimum Gasteiger partial charge on any atom is -0.497 e. The molecule has 1 aromatic rings. The number of anilines is 1. The Morgan fingerprint density at radius 1 is 1.30 bits per heavy atom. The quantitative estimate of drug-likeness (QED) is 0.835. The number of hydrogen-bond donors (Lipinski definition) is 0. The van der Waals surface area contributed by atoms with E-state index in [1.54, 1.807) is 18.2 Å². The van der Waals surface area contributed by atoms with Crippen molar-refractivity contribution in [1.29, 1.82) is 5.26 Å². The van der Waals surface area contributed by atoms with Gasteiger partial charge in [-0.2, -0.15) is 18.4 Å². The van der Waals surface area contributed by atoms with Crippen molar-refractivity contribution in [3.8, 4) is 11.8 Å². The summed E-state index contributed by atoms with van der Waals surface area (Å²) < 4.78 is 43.0. The maximum Gasteiger partial charge on any atom is 0.391 e. The number of hydrogen-bond acceptors (Lipinski definition) is 3. The van der Waals surface area contributed by atoms with Gasteiger partial charge in [0.15, 0.2) is 0 Å². The summed E-state index contributed by atoms with van der Waals surface area (Å²) in [5.74, 6) is -0.646. The van der Waals surface area contributed by atoms with Gasteiger partial charge >= 0.3 is 6.18 Å². The fourth-order valence-electron chi connectivity index (χ4n) is 2.44. The van der Waals surface area contributed by atoms with Crippen molar-refractivity contribution in [2.24, 2.45) is 5.92 Å². The molecule has 2 rings (SSSR count). The topological polar surface area (TPSA) is 36.3 Å². The van der Waals surface area contributed by atoms with E-state index < -0.39 is 12.1 Å². The Morgan fingerprint density at radius 3 is 2.45 bits per heavy atom. The van der Waals surface area contributed by atoms with Crippen molar-refractivity contribution in [3.05, 3.63) is 23.8 Å². The zero-order valence-corrected chi connectivity index (χ0v) is 11.1. The van der Waals surface area contributed by atoms with Crippen LogP contribution in [-0.4, -0.2) is 26.4 Å². The van der Waals surface area contributed by atoms with Crippen LogP contribution in [0.2, 0.25) is 0 Å². The molecule has 1 saturated heterocycles. The highest BCUT2D eigenvalue weighted by Crippen LogP contribution is 2.36. The molecule has 0 amide bonds. The molecule has 1 heterocycles. The van der Waals surface area contributed by atoms with Crippen LogP contribution in [0.1, 0.15) is 18.4 Å². The lowest BCUT2D eigenvalue weighted by molar-refractivity contribution is -0.179. The molecule has 1 fully saturated rings. The predicted molar refractivity (Wildman–Crippen MR) is 68.7 cm³/mol. The van der Waals surface area contributed by atoms with Crippen LogP contribution in [0.15, 0.2) is 18.2 Å². The lowest BCUT2D eigenvalue weighted by atomic mass is 9.95. The van der Waals surface area contributed by atoms with Gasteiger partial charge in [-0.15, -0.1) is 0 Å². The van der Waals surface area contributed by atoms with Crippen molar-refractivity contribution in [1.82, 2.24) is 0 Å². The van der Waals surface area contributed by atoms with Crippen molar-refractivity contribution in [2.75, 3.05) is 25.1 Å². The second kappa shape index (κ2) is 5.61. The van der Waals surface area contributed by atoms with Gasteiger partial charge in [0.05, 0.1) is 24.3 Å². The summed E-state index contributed by atoms with van der Waals surface area (Å²) >= 11 is 0. The Bertz CT molecular complexity index is 514. The van der Waals surface area contributed by atoms with Gasteiger partial charge in [0.2, 0.25) is 0 Å². The molecule has 0 unspecified atom stereocenters. The number of rotatable bonds is 2. The normalized spacial score (nSPS) is 16.9. The molecular weight excluding hydrogens is 269 g/mol. The molecule has 0 aliphatic carbocycles. The highest BCUT2D eigenvalue weighted by Gasteiger charge is 2.41. The van der Waals surface area contributed by atoms with Gasteiger partial charge in [-0.1, -0.05) is 0 Å². The van der Waals surface area contributed by atoms with E-state index in [2.05, 4.69) is 6.07 Å². The van der Waals surface area contributed by atoms with Crippen LogP contribution < -0.4 is 9.64 Å². The highest BCUT2D eigenvalue weighted by atomic mass is 19.4. The third kappa shape index (κ3) is 2.98. The summed E-state index contributed by atoms with van der Waals surface area (Å²) in [5.41, 5.74) is 1.10. The SMILES string of the molecule is COc1ccc(C#N)c(N2CCC(C(F)(F)F)CC2)c1. The number of alkyl halides is 3. The van der Waals surface area contributed by atoms with Crippen LogP contribution in [0.4, 0.5) is 18.9 Å². The molecule has 0 atom stereocenters. The van der Waals surface area contributed by atoms with Crippen LogP contribution >= 0.6 is 0 Å². The van der Waals surface area contributed by atoms with Gasteiger partial charge in [-0.3, -0.25) is 0 Å². The summed E-state index contributed by atoms with van der Waals surface area (Å²) in [4.78, 5) is 1.82. The number of nitriles is 1. The van der Waals surface area contributed by atoms with E-state index in [4.69, 9.17) is 10.00 Å². The molecule has 0 saturated carbocycles. The monoisotopic (exact) mass is 284 g/mol. The number of piperidine rings is 1. The van der Waals surface area contributed by atoms with Gasteiger partial charge in [0.25, 0.3) is 0 Å². The molecular formula is C14H15F3N2O. The van der Waals surface area contributed by atoms with E-state index in [0.29, 0.717) is 30.1 Å². The van der Waals surface area contributed by atoms with Crippen molar-refractivity contribution < 1.29 is 17.9 Å². The lowest BCUT2D eigenvalue weighted by Crippen LogP contribution is -2.39. The number of benzene rings is 1. The summed E-state index contributed by atoms with van der Waals surface area (Å²) in [7, 11) is 1.51. The fraction of sp³-hybridized carbons (Fsp3) is 0.500. The Morgan fingerprint density at radius 2 is 1.95 bits per heavy atom. The predicted octanol–water partition coefficient (Wildman–Crippen LogP) is 3.35. The van der Waals surface area contributed by atoms with Crippen molar-refractivity contribution in [2.45, 2.75) is 19.0 Å². The molecule has 0 radical (unpaired) electrons. The first-order chi connectivity index (χ1) is 9.45. The van der Waals surface area contributed by atoms with Crippen LogP contribution in [0.3, 0.4) is 0 Å². The third-order valence-electron chi connectivity index (χ3n) is 3.62. The highest BCUT2D eigenvalue weighted by molar-refractivity contribution is 5.62. The minimum atomic E-state index is -4.13. The number of ether oxygens (including phenoxy) is 1. The molecule has 20 heavy (non-hydrogen) atoms. The van der Waals surface area contributed by atoms with Crippen molar-refractivity contribution in [3.63, 3.8) is 0 Å². The van der Waals surface area contributed by atoms with Crippen LogP contribution in [0.5, 0.6) is 5.75 Å². The zero-order valence-electron chi connectivity index (χ0n) is 11.1. The van der Waals surface area contributed by atoms with Crippen molar-refractivity contribution >= 4 is 5.69 Å². The molecule has 6 heteroatoms. The summed E-state index contributed by atoms with van der Waals surface area (Å²) in [6, 6.07) is 7.07. The first-order valence-electron chi connectivity index (χ1n) is 6.35. The maximum absolute atomic E-state index is 12.6. The van der Waals surface area contributed by atoms with E-state index in [1.165, 1.54) is 7.11 Å². The molecule has 1 aliphatic heterocycles. The first kappa shape index (κ1) is 14.5. The van der Waals surface area contributed by atoms with Gasteiger partial charge < -0.3 is 9.64 Å². The average Bonchev–Trinajstić information content (AvgIpc) is 2.45. The van der Waals surface area contributed by atoms with Gasteiger partial charge in [-0.05, 0) is 25.0 Å². The van der Waals surface area contributed by atoms with E-state index in [0.717, 1.165) is 0 Å². The fourth-order valence-corrected chi connectivity index (χ4v) is 2.44. The summed E-state index contributed by atoms with van der Waals surface area (Å²) in [6.45, 7) is 0.595. The zero-order chi connectivity index (χ0) is 14.8. The molecule has 3 nitrogen and oxygen atoms in total. The van der Waals surface area contributed by atoms with Gasteiger partial charge in [0.1, 0.15) is 11.8 Å². The van der Waals surface area contributed by atoms with E-state index in [1.807, 2.05) is 4.90 Å². The maximum atomic E-state index is 12.6. The van der Waals surface area contributed by atoms with E-state index in [-0.39, 0.29) is 12.8 Å². The van der Waals surface area contributed by atoms with Crippen LogP contribution in [0, 0.1) is 17.2 Å². The number of halogens is 3. The smallest absolute Gasteiger partial charge is 0.391 e. The lowest BCUT2D eigenvalue weighted by Gasteiger charge is -2.34.